The van der Waals surface area contributed by atoms with Gasteiger partial charge in [-0.25, -0.2) is 0 Å². The number of alkyl halides is 1. The van der Waals surface area contributed by atoms with Crippen molar-refractivity contribution in [3.05, 3.63) is 0 Å². The Balaban J connectivity index is 3.00. The lowest BCUT2D eigenvalue weighted by Crippen LogP contribution is -2.18. The zero-order valence-electron chi connectivity index (χ0n) is 9.53. The minimum absolute atomic E-state index is 0.734. The van der Waals surface area contributed by atoms with Crippen molar-refractivity contribution in [1.82, 2.24) is 0 Å². The second kappa shape index (κ2) is 8.27. The summed E-state index contributed by atoms with van der Waals surface area (Å²) < 4.78 is 1.34. The van der Waals surface area contributed by atoms with Gasteiger partial charge in [0, 0.05) is 8.07 Å². The van der Waals surface area contributed by atoms with Gasteiger partial charge in [0.25, 0.3) is 0 Å². The highest BCUT2D eigenvalue weighted by molar-refractivity contribution is 14.1. The number of hydrogen-bond acceptors (Lipinski definition) is 0. The number of hydrogen-bond donors (Lipinski definition) is 0. The standard InChI is InChI=1S/C11H25ISi/c1-13(2,3)11-9-7-5-4-6-8-10-12/h4-11H2,1-3H3. The van der Waals surface area contributed by atoms with Crippen LogP contribution < -0.4 is 0 Å². The first-order valence-corrected chi connectivity index (χ1v) is 10.9. The summed E-state index contributed by atoms with van der Waals surface area (Å²) in [7, 11) is -0.734. The molecule has 0 spiro atoms. The van der Waals surface area contributed by atoms with Gasteiger partial charge in [-0.1, -0.05) is 80.4 Å². The van der Waals surface area contributed by atoms with Crippen LogP contribution in [0.4, 0.5) is 0 Å². The minimum Gasteiger partial charge on any atom is -0.0864 e. The molecule has 2 heteroatoms. The van der Waals surface area contributed by atoms with Crippen molar-refractivity contribution >= 4 is 30.7 Å². The fourth-order valence-corrected chi connectivity index (χ4v) is 3.31. The number of rotatable bonds is 8. The van der Waals surface area contributed by atoms with Gasteiger partial charge in [0.1, 0.15) is 0 Å². The molecule has 0 aromatic heterocycles. The maximum absolute atomic E-state index is 2.48. The largest absolute Gasteiger partial charge is 0.0864 e. The van der Waals surface area contributed by atoms with E-state index in [1.165, 1.54) is 49.0 Å². The highest BCUT2D eigenvalue weighted by Gasteiger charge is 2.11. The number of halogens is 1. The Labute approximate surface area is 99.0 Å². The molecule has 0 saturated carbocycles. The molecule has 0 unspecified atom stereocenters. The van der Waals surface area contributed by atoms with Crippen molar-refractivity contribution in [1.29, 1.82) is 0 Å². The second-order valence-corrected chi connectivity index (χ2v) is 11.8. The van der Waals surface area contributed by atoms with Gasteiger partial charge < -0.3 is 0 Å². The van der Waals surface area contributed by atoms with E-state index in [1.807, 2.05) is 0 Å². The Kier molecular flexibility index (Phi) is 8.87. The summed E-state index contributed by atoms with van der Waals surface area (Å²) in [6.45, 7) is 7.43. The molecule has 0 aromatic carbocycles. The SMILES string of the molecule is C[Si](C)(C)CCCCCCCCI. The van der Waals surface area contributed by atoms with Crippen molar-refractivity contribution in [3.8, 4) is 0 Å². The van der Waals surface area contributed by atoms with Crippen molar-refractivity contribution in [3.63, 3.8) is 0 Å². The van der Waals surface area contributed by atoms with Crippen molar-refractivity contribution < 1.29 is 0 Å². The maximum Gasteiger partial charge on any atom is 0.0442 e. The summed E-state index contributed by atoms with van der Waals surface area (Å²) in [5.74, 6) is 0. The van der Waals surface area contributed by atoms with E-state index in [9.17, 15) is 0 Å². The molecule has 0 aliphatic carbocycles. The average Bonchev–Trinajstić information content (AvgIpc) is 2.01. The predicted octanol–water partition coefficient (Wildman–Crippen LogP) is 5.10. The lowest BCUT2D eigenvalue weighted by atomic mass is 10.1. The zero-order valence-corrected chi connectivity index (χ0v) is 12.7. The van der Waals surface area contributed by atoms with Gasteiger partial charge in [-0.15, -0.1) is 0 Å². The minimum atomic E-state index is -0.734. The van der Waals surface area contributed by atoms with Crippen LogP contribution in [-0.4, -0.2) is 12.5 Å². The molecule has 0 saturated heterocycles. The molecule has 0 aliphatic rings. The maximum atomic E-state index is 2.48. The Morgan fingerprint density at radius 3 is 1.69 bits per heavy atom. The van der Waals surface area contributed by atoms with Crippen molar-refractivity contribution in [2.45, 2.75) is 64.2 Å². The van der Waals surface area contributed by atoms with Crippen LogP contribution in [0.1, 0.15) is 38.5 Å². The van der Waals surface area contributed by atoms with Crippen LogP contribution in [0.25, 0.3) is 0 Å². The smallest absolute Gasteiger partial charge is 0.0442 e. The predicted molar refractivity (Wildman–Crippen MR) is 74.7 cm³/mol. The molecule has 0 radical (unpaired) electrons. The average molecular weight is 312 g/mol. The third-order valence-corrected chi connectivity index (χ3v) is 4.93. The second-order valence-electron chi connectivity index (χ2n) is 5.12. The Morgan fingerprint density at radius 1 is 0.769 bits per heavy atom. The molecular weight excluding hydrogens is 287 g/mol. The van der Waals surface area contributed by atoms with E-state index < -0.39 is 8.07 Å². The molecule has 0 fully saturated rings. The van der Waals surface area contributed by atoms with E-state index >= 15 is 0 Å². The van der Waals surface area contributed by atoms with E-state index in [0.29, 0.717) is 0 Å². The normalized spacial score (nSPS) is 12.0. The van der Waals surface area contributed by atoms with E-state index in [-0.39, 0.29) is 0 Å². The molecule has 0 aliphatic heterocycles. The molecule has 0 amide bonds. The van der Waals surface area contributed by atoms with Crippen LogP contribution in [-0.2, 0) is 0 Å². The van der Waals surface area contributed by atoms with Gasteiger partial charge in [0.2, 0.25) is 0 Å². The number of unbranched alkanes of at least 4 members (excludes halogenated alkanes) is 5. The summed E-state index contributed by atoms with van der Waals surface area (Å²) in [5, 5.41) is 0. The molecule has 0 rings (SSSR count). The van der Waals surface area contributed by atoms with Crippen LogP contribution in [0.2, 0.25) is 25.7 Å². The van der Waals surface area contributed by atoms with Crippen molar-refractivity contribution in [2.24, 2.45) is 0 Å². The van der Waals surface area contributed by atoms with E-state index in [2.05, 4.69) is 42.2 Å². The first kappa shape index (κ1) is 13.9. The van der Waals surface area contributed by atoms with Crippen LogP contribution in [0.5, 0.6) is 0 Å². The van der Waals surface area contributed by atoms with Gasteiger partial charge in [0.15, 0.2) is 0 Å². The van der Waals surface area contributed by atoms with Crippen LogP contribution in [0, 0.1) is 0 Å². The van der Waals surface area contributed by atoms with E-state index in [0.717, 1.165) is 0 Å². The molecule has 0 atom stereocenters. The summed E-state index contributed by atoms with van der Waals surface area (Å²) in [4.78, 5) is 0. The Hall–Kier alpha value is 0.947. The molecular formula is C11H25ISi. The highest BCUT2D eigenvalue weighted by Crippen LogP contribution is 2.15. The Bertz CT molecular complexity index is 107. The molecule has 0 nitrogen and oxygen atoms in total. The van der Waals surface area contributed by atoms with Gasteiger partial charge in [0.05, 0.1) is 0 Å². The zero-order chi connectivity index (χ0) is 10.2. The van der Waals surface area contributed by atoms with Gasteiger partial charge in [-0.2, -0.15) is 0 Å². The quantitative estimate of drug-likeness (QED) is 0.253. The summed E-state index contributed by atoms with van der Waals surface area (Å²) in [5.41, 5.74) is 0. The van der Waals surface area contributed by atoms with Gasteiger partial charge in [-0.3, -0.25) is 0 Å². The monoisotopic (exact) mass is 312 g/mol. The van der Waals surface area contributed by atoms with Crippen LogP contribution in [0.3, 0.4) is 0 Å². The summed E-state index contributed by atoms with van der Waals surface area (Å²) in [6, 6.07) is 1.53. The molecule has 0 N–H and O–H groups in total. The first-order valence-electron chi connectivity index (χ1n) is 5.62. The third-order valence-electron chi connectivity index (χ3n) is 2.31. The summed E-state index contributed by atoms with van der Waals surface area (Å²) >= 11 is 2.47. The Morgan fingerprint density at radius 2 is 1.23 bits per heavy atom. The fourth-order valence-electron chi connectivity index (χ4n) is 1.46. The van der Waals surface area contributed by atoms with Crippen LogP contribution in [0.15, 0.2) is 0 Å². The fraction of sp³-hybridized carbons (Fsp3) is 1.00. The van der Waals surface area contributed by atoms with Crippen molar-refractivity contribution in [2.75, 3.05) is 4.43 Å². The van der Waals surface area contributed by atoms with E-state index in [4.69, 9.17) is 0 Å². The molecule has 13 heavy (non-hydrogen) atoms. The van der Waals surface area contributed by atoms with E-state index in [1.54, 1.807) is 0 Å². The molecule has 0 heterocycles. The highest BCUT2D eigenvalue weighted by atomic mass is 127. The third kappa shape index (κ3) is 12.9. The topological polar surface area (TPSA) is 0 Å². The van der Waals surface area contributed by atoms with Gasteiger partial charge in [-0.05, 0) is 10.8 Å². The van der Waals surface area contributed by atoms with Gasteiger partial charge >= 0.3 is 0 Å². The molecule has 80 valence electrons. The lowest BCUT2D eigenvalue weighted by Gasteiger charge is -2.14. The molecule has 0 aromatic rings. The summed E-state index contributed by atoms with van der Waals surface area (Å²) in [6.07, 6.45) is 8.78. The first-order chi connectivity index (χ1) is 6.06. The molecule has 0 bridgehead atoms. The lowest BCUT2D eigenvalue weighted by molar-refractivity contribution is 0.626. The van der Waals surface area contributed by atoms with Crippen LogP contribution >= 0.6 is 22.6 Å².